The summed E-state index contributed by atoms with van der Waals surface area (Å²) in [4.78, 5) is 1.56. The van der Waals surface area contributed by atoms with Crippen molar-refractivity contribution in [1.82, 2.24) is 4.90 Å². The molecule has 9 heavy (non-hydrogen) atoms. The van der Waals surface area contributed by atoms with Gasteiger partial charge in [0.15, 0.2) is 0 Å². The Morgan fingerprint density at radius 2 is 2.44 bits per heavy atom. The van der Waals surface area contributed by atoms with Gasteiger partial charge in [-0.25, -0.2) is 0 Å². The van der Waals surface area contributed by atoms with Crippen molar-refractivity contribution in [3.8, 4) is 6.07 Å². The lowest BCUT2D eigenvalue weighted by atomic mass is 10.5. The molecule has 0 aromatic heterocycles. The van der Waals surface area contributed by atoms with Gasteiger partial charge in [0.05, 0.1) is 6.07 Å². The maximum Gasteiger partial charge on any atom is 0.120 e. The number of hydrogen-bond donors (Lipinski definition) is 0. The van der Waals surface area contributed by atoms with E-state index in [4.69, 9.17) is 28.5 Å². The average molecular weight is 165 g/mol. The molecule has 4 heteroatoms. The van der Waals surface area contributed by atoms with Gasteiger partial charge >= 0.3 is 0 Å². The molecular weight excluding hydrogens is 159 g/mol. The van der Waals surface area contributed by atoms with Crippen LogP contribution in [0.1, 0.15) is 0 Å². The van der Waals surface area contributed by atoms with Gasteiger partial charge in [-0.3, -0.25) is 4.90 Å². The number of halogens is 2. The second kappa shape index (κ2) is 2.74. The summed E-state index contributed by atoms with van der Waals surface area (Å²) in [7, 11) is 0. The van der Waals surface area contributed by atoms with E-state index in [2.05, 4.69) is 6.07 Å². The van der Waals surface area contributed by atoms with Crippen LogP contribution in [0, 0.1) is 11.3 Å². The fourth-order valence-corrected chi connectivity index (χ4v) is 1.03. The first kappa shape index (κ1) is 7.14. The van der Waals surface area contributed by atoms with E-state index in [0.29, 0.717) is 6.54 Å². The smallest absolute Gasteiger partial charge is 0.120 e. The van der Waals surface area contributed by atoms with E-state index in [1.165, 1.54) is 0 Å². The zero-order valence-corrected chi connectivity index (χ0v) is 6.23. The summed E-state index contributed by atoms with van der Waals surface area (Å²) in [5.74, 6) is 0. The fraction of sp³-hybridized carbons (Fsp3) is 0.800. The minimum Gasteiger partial charge on any atom is -0.282 e. The van der Waals surface area contributed by atoms with E-state index in [9.17, 15) is 0 Å². The van der Waals surface area contributed by atoms with Crippen molar-refractivity contribution < 1.29 is 0 Å². The lowest BCUT2D eigenvalue weighted by Gasteiger charge is -1.98. The van der Waals surface area contributed by atoms with Crippen molar-refractivity contribution in [3.63, 3.8) is 0 Å². The van der Waals surface area contributed by atoms with Gasteiger partial charge < -0.3 is 0 Å². The Hall–Kier alpha value is 0.0300. The maximum absolute atomic E-state index is 8.31. The average Bonchev–Trinajstić information content (AvgIpc) is 2.45. The first-order valence-electron chi connectivity index (χ1n) is 2.66. The highest BCUT2D eigenvalue weighted by atomic mass is 35.5. The van der Waals surface area contributed by atoms with Crippen molar-refractivity contribution in [2.24, 2.45) is 0 Å². The third-order valence-corrected chi connectivity index (χ3v) is 1.51. The van der Waals surface area contributed by atoms with Crippen LogP contribution in [0.25, 0.3) is 0 Å². The largest absolute Gasteiger partial charge is 0.282 e. The first-order chi connectivity index (χ1) is 4.24. The number of nitrogens with zero attached hydrogens (tertiary/aromatic N) is 2. The van der Waals surface area contributed by atoms with Gasteiger partial charge in [-0.15, -0.1) is 23.2 Å². The van der Waals surface area contributed by atoms with Crippen LogP contribution in [0.4, 0.5) is 0 Å². The Kier molecular flexibility index (Phi) is 2.18. The maximum atomic E-state index is 8.31. The summed E-state index contributed by atoms with van der Waals surface area (Å²) in [6.45, 7) is 1.44. The molecule has 2 atom stereocenters. The topological polar surface area (TPSA) is 26.8 Å². The monoisotopic (exact) mass is 164 g/mol. The van der Waals surface area contributed by atoms with E-state index in [0.717, 1.165) is 6.54 Å². The van der Waals surface area contributed by atoms with Crippen LogP contribution in [-0.4, -0.2) is 28.9 Å². The molecule has 0 amide bonds. The molecule has 2 nitrogen and oxygen atoms in total. The molecule has 1 fully saturated rings. The van der Waals surface area contributed by atoms with E-state index < -0.39 is 0 Å². The zero-order chi connectivity index (χ0) is 6.85. The highest BCUT2D eigenvalue weighted by Crippen LogP contribution is 2.18. The fourth-order valence-electron chi connectivity index (χ4n) is 0.677. The van der Waals surface area contributed by atoms with Crippen LogP contribution in [0.2, 0.25) is 0 Å². The Morgan fingerprint density at radius 3 is 2.78 bits per heavy atom. The summed E-state index contributed by atoms with van der Waals surface area (Å²) in [5, 5.41) is 8.31. The first-order valence-corrected chi connectivity index (χ1v) is 3.53. The van der Waals surface area contributed by atoms with Gasteiger partial charge in [-0.05, 0) is 0 Å². The Morgan fingerprint density at radius 1 is 1.78 bits per heavy atom. The molecule has 50 valence electrons. The van der Waals surface area contributed by atoms with Crippen molar-refractivity contribution in [2.75, 3.05) is 13.1 Å². The summed E-state index contributed by atoms with van der Waals surface area (Å²) in [6, 6.07) is 2.18. The van der Waals surface area contributed by atoms with Gasteiger partial charge in [0.1, 0.15) is 10.9 Å². The molecule has 0 aromatic rings. The van der Waals surface area contributed by atoms with Gasteiger partial charge in [0, 0.05) is 13.1 Å². The van der Waals surface area contributed by atoms with Gasteiger partial charge in [0.2, 0.25) is 0 Å². The van der Waals surface area contributed by atoms with E-state index in [1.54, 1.807) is 0 Å². The normalized spacial score (nSPS) is 32.2. The Balaban J connectivity index is 2.14. The molecule has 1 aliphatic heterocycles. The lowest BCUT2D eigenvalue weighted by molar-refractivity contribution is 0.560. The molecule has 1 rings (SSSR count). The number of rotatable bonds is 2. The van der Waals surface area contributed by atoms with E-state index >= 15 is 0 Å². The van der Waals surface area contributed by atoms with Crippen LogP contribution >= 0.6 is 23.2 Å². The van der Waals surface area contributed by atoms with Gasteiger partial charge in [-0.2, -0.15) is 5.26 Å². The van der Waals surface area contributed by atoms with Crippen molar-refractivity contribution >= 4 is 23.2 Å². The predicted octanol–water partition coefficient (Wildman–Crippen LogP) is 0.998. The third kappa shape index (κ3) is 2.02. The SMILES string of the molecule is N#CC1CN1CC(Cl)Cl. The molecule has 1 aliphatic rings. The quantitative estimate of drug-likeness (QED) is 0.450. The number of alkyl halides is 2. The van der Waals surface area contributed by atoms with Gasteiger partial charge in [-0.1, -0.05) is 0 Å². The second-order valence-electron chi connectivity index (χ2n) is 1.99. The second-order valence-corrected chi connectivity index (χ2v) is 3.27. The Labute approximate surface area is 64.0 Å². The minimum absolute atomic E-state index is 0.0741. The highest BCUT2D eigenvalue weighted by Gasteiger charge is 2.34. The minimum atomic E-state index is -0.358. The van der Waals surface area contributed by atoms with Crippen molar-refractivity contribution in [1.29, 1.82) is 5.26 Å². The van der Waals surface area contributed by atoms with Crippen LogP contribution in [-0.2, 0) is 0 Å². The molecule has 0 spiro atoms. The molecule has 1 heterocycles. The third-order valence-electron chi connectivity index (χ3n) is 1.24. The van der Waals surface area contributed by atoms with Gasteiger partial charge in [0.25, 0.3) is 0 Å². The lowest BCUT2D eigenvalue weighted by Crippen LogP contribution is -2.09. The summed E-state index contributed by atoms with van der Waals surface area (Å²) in [5.41, 5.74) is 0. The van der Waals surface area contributed by atoms with Crippen LogP contribution in [0.3, 0.4) is 0 Å². The number of nitriles is 1. The van der Waals surface area contributed by atoms with E-state index in [-0.39, 0.29) is 10.9 Å². The van der Waals surface area contributed by atoms with Crippen LogP contribution in [0.15, 0.2) is 0 Å². The van der Waals surface area contributed by atoms with Crippen LogP contribution < -0.4 is 0 Å². The predicted molar refractivity (Wildman–Crippen MR) is 36.5 cm³/mol. The Bertz CT molecular complexity index is 140. The zero-order valence-electron chi connectivity index (χ0n) is 4.72. The number of hydrogen-bond acceptors (Lipinski definition) is 2. The summed E-state index contributed by atoms with van der Waals surface area (Å²) < 4.78 is 0. The summed E-state index contributed by atoms with van der Waals surface area (Å²) in [6.07, 6.45) is 0. The molecule has 0 radical (unpaired) electrons. The summed E-state index contributed by atoms with van der Waals surface area (Å²) >= 11 is 10.9. The van der Waals surface area contributed by atoms with Crippen molar-refractivity contribution in [3.05, 3.63) is 0 Å². The standard InChI is InChI=1S/C5H6Cl2N2/c6-5(7)3-9-2-4(9)1-8/h4-5H,2-3H2. The molecule has 1 saturated heterocycles. The molecule has 0 saturated carbocycles. The molecular formula is C5H6Cl2N2. The van der Waals surface area contributed by atoms with E-state index in [1.807, 2.05) is 4.90 Å². The highest BCUT2D eigenvalue weighted by molar-refractivity contribution is 6.44. The molecule has 0 bridgehead atoms. The van der Waals surface area contributed by atoms with Crippen molar-refractivity contribution in [2.45, 2.75) is 10.9 Å². The van der Waals surface area contributed by atoms with Crippen LogP contribution in [0.5, 0.6) is 0 Å². The molecule has 0 N–H and O–H groups in total. The molecule has 2 unspecified atom stereocenters. The molecule has 0 aliphatic carbocycles. The molecule has 0 aromatic carbocycles.